The minimum Gasteiger partial charge on any atom is -0.369 e. The van der Waals surface area contributed by atoms with E-state index in [2.05, 4.69) is 10.1 Å². The van der Waals surface area contributed by atoms with Crippen molar-refractivity contribution in [1.29, 1.82) is 0 Å². The second kappa shape index (κ2) is 8.92. The van der Waals surface area contributed by atoms with Gasteiger partial charge in [0.05, 0.1) is 12.1 Å². The van der Waals surface area contributed by atoms with E-state index in [-0.39, 0.29) is 23.8 Å². The number of H-pyrrole nitrogens is 1. The molecule has 2 aromatic carbocycles. The van der Waals surface area contributed by atoms with E-state index in [1.807, 2.05) is 51.1 Å². The van der Waals surface area contributed by atoms with Crippen molar-refractivity contribution in [2.45, 2.75) is 46.4 Å². The third kappa shape index (κ3) is 4.13. The molecule has 0 saturated heterocycles. The molecular weight excluding hydrogens is 411 g/mol. The Morgan fingerprint density at radius 3 is 2.53 bits per heavy atom. The van der Waals surface area contributed by atoms with Crippen molar-refractivity contribution in [2.75, 3.05) is 0 Å². The molecule has 0 saturated carbocycles. The van der Waals surface area contributed by atoms with Gasteiger partial charge in [0, 0.05) is 24.1 Å². The van der Waals surface area contributed by atoms with Crippen molar-refractivity contribution in [2.24, 2.45) is 0 Å². The van der Waals surface area contributed by atoms with Crippen LogP contribution in [-0.2, 0) is 24.5 Å². The molecule has 0 spiro atoms. The lowest BCUT2D eigenvalue weighted by Gasteiger charge is -2.11. The molecule has 32 heavy (non-hydrogen) atoms. The molecular formula is C24H25FN4O3. The van der Waals surface area contributed by atoms with E-state index in [1.54, 1.807) is 6.07 Å². The lowest BCUT2D eigenvalue weighted by Crippen LogP contribution is -2.24. The molecule has 0 aliphatic heterocycles. The maximum Gasteiger partial charge on any atom is 0.350 e. The summed E-state index contributed by atoms with van der Waals surface area (Å²) < 4.78 is 23.3. The van der Waals surface area contributed by atoms with Crippen LogP contribution in [0.5, 0.6) is 0 Å². The van der Waals surface area contributed by atoms with Crippen LogP contribution in [0.2, 0.25) is 0 Å². The average molecular weight is 436 g/mol. The minimum absolute atomic E-state index is 0.0351. The summed E-state index contributed by atoms with van der Waals surface area (Å²) in [6.45, 7) is 6.61. The number of hydrogen-bond acceptors (Lipinski definition) is 4. The summed E-state index contributed by atoms with van der Waals surface area (Å²) in [7, 11) is 0. The Bertz CT molecular complexity index is 1370. The average Bonchev–Trinajstić information content (AvgIpc) is 3.08. The fraction of sp³-hybridized carbons (Fsp3) is 0.292. The maximum absolute atomic E-state index is 15.0. The fourth-order valence-electron chi connectivity index (χ4n) is 3.78. The second-order valence-electron chi connectivity index (χ2n) is 7.93. The molecule has 0 atom stereocenters. The Hall–Kier alpha value is -3.52. The van der Waals surface area contributed by atoms with Crippen molar-refractivity contribution in [3.05, 3.63) is 92.1 Å². The zero-order valence-corrected chi connectivity index (χ0v) is 18.3. The molecule has 4 aromatic rings. The number of ether oxygens (including phenoxy) is 1. The van der Waals surface area contributed by atoms with Gasteiger partial charge in [0.1, 0.15) is 12.3 Å². The van der Waals surface area contributed by atoms with Crippen molar-refractivity contribution in [3.8, 4) is 5.69 Å². The largest absolute Gasteiger partial charge is 0.369 e. The topological polar surface area (TPSA) is 81.9 Å². The molecule has 2 aromatic heterocycles. The molecule has 4 rings (SSSR count). The first-order chi connectivity index (χ1) is 15.4. The SMILES string of the molecule is CCn1c(COCc2ccccc2)nn(-c2cc3c(C(C)C)cc(=O)[nH]c3cc2F)c1=O. The highest BCUT2D eigenvalue weighted by atomic mass is 19.1. The van der Waals surface area contributed by atoms with Crippen LogP contribution >= 0.6 is 0 Å². The Labute approximate surface area is 184 Å². The zero-order chi connectivity index (χ0) is 22.8. The van der Waals surface area contributed by atoms with Crippen LogP contribution in [0.25, 0.3) is 16.6 Å². The minimum atomic E-state index is -0.645. The molecule has 0 radical (unpaired) electrons. The Balaban J connectivity index is 1.74. The van der Waals surface area contributed by atoms with Gasteiger partial charge in [0.25, 0.3) is 0 Å². The molecule has 2 heterocycles. The molecule has 0 aliphatic carbocycles. The first-order valence-electron chi connectivity index (χ1n) is 10.6. The summed E-state index contributed by atoms with van der Waals surface area (Å²) in [6.07, 6.45) is 0. The number of fused-ring (bicyclic) bond motifs is 1. The number of pyridine rings is 1. The maximum atomic E-state index is 15.0. The normalized spacial score (nSPS) is 11.5. The highest BCUT2D eigenvalue weighted by Crippen LogP contribution is 2.26. The summed E-state index contributed by atoms with van der Waals surface area (Å²) in [4.78, 5) is 27.6. The summed E-state index contributed by atoms with van der Waals surface area (Å²) in [5.74, 6) is -0.183. The molecule has 0 fully saturated rings. The summed E-state index contributed by atoms with van der Waals surface area (Å²) in [5.41, 5.74) is 1.47. The first-order valence-corrected chi connectivity index (χ1v) is 10.6. The van der Waals surface area contributed by atoms with Gasteiger partial charge in [0.15, 0.2) is 11.6 Å². The molecule has 0 aliphatic rings. The Morgan fingerprint density at radius 2 is 1.84 bits per heavy atom. The van der Waals surface area contributed by atoms with E-state index in [0.29, 0.717) is 29.9 Å². The molecule has 166 valence electrons. The number of nitrogens with zero attached hydrogens (tertiary/aromatic N) is 3. The van der Waals surface area contributed by atoms with Crippen molar-refractivity contribution < 1.29 is 9.13 Å². The van der Waals surface area contributed by atoms with Crippen molar-refractivity contribution in [3.63, 3.8) is 0 Å². The number of aromatic amines is 1. The van der Waals surface area contributed by atoms with Gasteiger partial charge in [-0.3, -0.25) is 9.36 Å². The van der Waals surface area contributed by atoms with Crippen LogP contribution in [-0.4, -0.2) is 19.3 Å². The molecule has 0 bridgehead atoms. The summed E-state index contributed by atoms with van der Waals surface area (Å²) in [6, 6.07) is 14.0. The van der Waals surface area contributed by atoms with Gasteiger partial charge < -0.3 is 9.72 Å². The monoisotopic (exact) mass is 436 g/mol. The van der Waals surface area contributed by atoms with Crippen LogP contribution in [0, 0.1) is 5.82 Å². The van der Waals surface area contributed by atoms with Crippen LogP contribution in [0.1, 0.15) is 43.6 Å². The van der Waals surface area contributed by atoms with E-state index in [9.17, 15) is 9.59 Å². The van der Waals surface area contributed by atoms with Gasteiger partial charge in [-0.2, -0.15) is 4.68 Å². The standard InChI is InChI=1S/C24H25FN4O3/c1-4-28-22(14-32-13-16-8-6-5-7-9-16)27-29(24(28)31)21-10-18-17(15(2)3)11-23(30)26-20(18)12-19(21)25/h5-12,15H,4,13-14H2,1-3H3,(H,26,30). The van der Waals surface area contributed by atoms with Crippen LogP contribution in [0.4, 0.5) is 4.39 Å². The predicted octanol–water partition coefficient (Wildman–Crippen LogP) is 3.87. The number of nitrogens with one attached hydrogen (secondary N) is 1. The number of benzene rings is 2. The summed E-state index contributed by atoms with van der Waals surface area (Å²) in [5, 5.41) is 5.05. The number of halogens is 1. The van der Waals surface area contributed by atoms with Gasteiger partial charge in [0.2, 0.25) is 5.56 Å². The van der Waals surface area contributed by atoms with Crippen LogP contribution < -0.4 is 11.2 Å². The lowest BCUT2D eigenvalue weighted by atomic mass is 9.98. The molecule has 0 amide bonds. The zero-order valence-electron chi connectivity index (χ0n) is 18.3. The third-order valence-corrected chi connectivity index (χ3v) is 5.39. The lowest BCUT2D eigenvalue weighted by molar-refractivity contribution is 0.0989. The number of hydrogen-bond donors (Lipinski definition) is 1. The molecule has 7 nitrogen and oxygen atoms in total. The quantitative estimate of drug-likeness (QED) is 0.477. The second-order valence-corrected chi connectivity index (χ2v) is 7.93. The first kappa shape index (κ1) is 21.7. The van der Waals surface area contributed by atoms with E-state index in [4.69, 9.17) is 4.74 Å². The van der Waals surface area contributed by atoms with Gasteiger partial charge >= 0.3 is 5.69 Å². The van der Waals surface area contributed by atoms with Crippen molar-refractivity contribution >= 4 is 10.9 Å². The van der Waals surface area contributed by atoms with Gasteiger partial charge in [-0.05, 0) is 30.0 Å². The molecule has 1 N–H and O–H groups in total. The summed E-state index contributed by atoms with van der Waals surface area (Å²) >= 11 is 0. The number of rotatable bonds is 7. The highest BCUT2D eigenvalue weighted by Gasteiger charge is 2.19. The van der Waals surface area contributed by atoms with Gasteiger partial charge in [-0.15, -0.1) is 5.10 Å². The van der Waals surface area contributed by atoms with Crippen LogP contribution in [0.3, 0.4) is 0 Å². The Kier molecular flexibility index (Phi) is 6.05. The van der Waals surface area contributed by atoms with E-state index in [1.165, 1.54) is 16.7 Å². The predicted molar refractivity (Wildman–Crippen MR) is 121 cm³/mol. The number of aromatic nitrogens is 4. The fourth-order valence-corrected chi connectivity index (χ4v) is 3.78. The smallest absolute Gasteiger partial charge is 0.350 e. The van der Waals surface area contributed by atoms with E-state index < -0.39 is 11.5 Å². The Morgan fingerprint density at radius 1 is 1.09 bits per heavy atom. The van der Waals surface area contributed by atoms with Crippen molar-refractivity contribution in [1.82, 2.24) is 19.3 Å². The van der Waals surface area contributed by atoms with E-state index >= 15 is 4.39 Å². The van der Waals surface area contributed by atoms with Gasteiger partial charge in [-0.25, -0.2) is 9.18 Å². The molecule has 8 heteroatoms. The van der Waals surface area contributed by atoms with Gasteiger partial charge in [-0.1, -0.05) is 44.2 Å². The van der Waals surface area contributed by atoms with Crippen LogP contribution in [0.15, 0.2) is 58.1 Å². The highest BCUT2D eigenvalue weighted by molar-refractivity contribution is 5.84. The molecule has 0 unspecified atom stereocenters. The van der Waals surface area contributed by atoms with E-state index in [0.717, 1.165) is 15.8 Å². The third-order valence-electron chi connectivity index (χ3n) is 5.39.